The normalized spacial score (nSPS) is 11.0. The Morgan fingerprint density at radius 3 is 2.50 bits per heavy atom. The molecule has 0 aliphatic rings. The lowest BCUT2D eigenvalue weighted by molar-refractivity contribution is -0.140. The van der Waals surface area contributed by atoms with Crippen LogP contribution in [0.3, 0.4) is 0 Å². The first-order valence-electron chi connectivity index (χ1n) is 9.08. The lowest BCUT2D eigenvalue weighted by atomic mass is 10.2. The first-order valence-corrected chi connectivity index (χ1v) is 9.08. The van der Waals surface area contributed by atoms with Crippen molar-refractivity contribution in [2.24, 2.45) is 4.99 Å². The van der Waals surface area contributed by atoms with E-state index in [1.54, 1.807) is 11.2 Å². The van der Waals surface area contributed by atoms with Gasteiger partial charge in [0.25, 0.3) is 5.56 Å². The summed E-state index contributed by atoms with van der Waals surface area (Å²) in [5.74, 6) is 0.000528. The molecule has 1 aromatic heterocycles. The molecule has 8 nitrogen and oxygen atoms in total. The van der Waals surface area contributed by atoms with E-state index in [0.29, 0.717) is 25.2 Å². The van der Waals surface area contributed by atoms with Crippen molar-refractivity contribution < 1.29 is 9.53 Å². The first kappa shape index (κ1) is 21.1. The van der Waals surface area contributed by atoms with Crippen molar-refractivity contribution in [3.05, 3.63) is 62.8 Å². The summed E-state index contributed by atoms with van der Waals surface area (Å²) in [6, 6.07) is 10.9. The Morgan fingerprint density at radius 1 is 1.14 bits per heavy atom. The molecule has 0 N–H and O–H groups in total. The molecule has 0 saturated heterocycles. The quantitative estimate of drug-likeness (QED) is 0.283. The van der Waals surface area contributed by atoms with Crippen LogP contribution >= 0.6 is 0 Å². The Balaban J connectivity index is 2.34. The Hall–Kier alpha value is -3.16. The maximum atomic E-state index is 13.0. The molecule has 2 aromatic rings. The number of methoxy groups -OCH3 is 1. The average molecular weight is 386 g/mol. The van der Waals surface area contributed by atoms with Gasteiger partial charge in [0.2, 0.25) is 0 Å². The number of hydrogen-bond donors (Lipinski definition) is 0. The van der Waals surface area contributed by atoms with Crippen LogP contribution < -0.4 is 11.2 Å². The van der Waals surface area contributed by atoms with Crippen molar-refractivity contribution >= 4 is 18.1 Å². The number of aromatic nitrogens is 2. The van der Waals surface area contributed by atoms with Gasteiger partial charge in [-0.2, -0.15) is 0 Å². The van der Waals surface area contributed by atoms with E-state index in [1.807, 2.05) is 44.4 Å². The molecule has 0 radical (unpaired) electrons. The van der Waals surface area contributed by atoms with Gasteiger partial charge in [-0.1, -0.05) is 30.3 Å². The minimum absolute atomic E-state index is 0.237. The third kappa shape index (κ3) is 5.94. The number of unbranched alkanes of at least 4 members (excludes halogenated alkanes) is 1. The highest BCUT2D eigenvalue weighted by Crippen LogP contribution is 2.10. The zero-order chi connectivity index (χ0) is 20.5. The van der Waals surface area contributed by atoms with Crippen molar-refractivity contribution in [3.8, 4) is 0 Å². The maximum Gasteiger partial charge on any atom is 0.332 e. The molecule has 1 heterocycles. The van der Waals surface area contributed by atoms with Crippen molar-refractivity contribution in [3.63, 3.8) is 0 Å². The summed E-state index contributed by atoms with van der Waals surface area (Å²) in [6.07, 6.45) is 2.87. The summed E-state index contributed by atoms with van der Waals surface area (Å²) in [5, 5.41) is 0. The lowest BCUT2D eigenvalue weighted by Gasteiger charge is -2.14. The number of hydrogen-bond acceptors (Lipinski definition) is 5. The van der Waals surface area contributed by atoms with E-state index in [-0.39, 0.29) is 18.9 Å². The molecule has 150 valence electrons. The molecule has 0 fully saturated rings. The molecular weight excluding hydrogens is 360 g/mol. The van der Waals surface area contributed by atoms with Crippen LogP contribution in [0.25, 0.3) is 0 Å². The number of nitrogens with zero attached hydrogens (tertiary/aromatic N) is 4. The van der Waals surface area contributed by atoms with Crippen LogP contribution in [0.4, 0.5) is 5.82 Å². The molecule has 0 saturated carbocycles. The molecule has 0 atom stereocenters. The molecule has 8 heteroatoms. The van der Waals surface area contributed by atoms with Gasteiger partial charge in [0, 0.05) is 33.1 Å². The molecule has 0 spiro atoms. The minimum atomic E-state index is -0.416. The van der Waals surface area contributed by atoms with Crippen molar-refractivity contribution in [1.29, 1.82) is 0 Å². The SMILES string of the molecule is COC(=O)CCCCn1c(=O)cc(/N=C/N(C)C)n(Cc2ccccc2)c1=O. The summed E-state index contributed by atoms with van der Waals surface area (Å²) in [6.45, 7) is 0.545. The molecule has 0 unspecified atom stereocenters. The predicted octanol–water partition coefficient (Wildman–Crippen LogP) is 1.62. The van der Waals surface area contributed by atoms with E-state index in [0.717, 1.165) is 5.56 Å². The van der Waals surface area contributed by atoms with Crippen LogP contribution in [-0.2, 0) is 22.6 Å². The fourth-order valence-corrected chi connectivity index (χ4v) is 2.65. The smallest absolute Gasteiger partial charge is 0.332 e. The van der Waals surface area contributed by atoms with Gasteiger partial charge < -0.3 is 9.64 Å². The summed E-state index contributed by atoms with van der Waals surface area (Å²) < 4.78 is 7.28. The Bertz CT molecular complexity index is 929. The second-order valence-electron chi connectivity index (χ2n) is 6.59. The molecule has 2 rings (SSSR count). The highest BCUT2D eigenvalue weighted by Gasteiger charge is 2.12. The van der Waals surface area contributed by atoms with Gasteiger partial charge in [0.15, 0.2) is 0 Å². The van der Waals surface area contributed by atoms with E-state index in [1.165, 1.54) is 22.3 Å². The van der Waals surface area contributed by atoms with Crippen LogP contribution in [0, 0.1) is 0 Å². The molecule has 0 amide bonds. The summed E-state index contributed by atoms with van der Waals surface area (Å²) in [4.78, 5) is 42.7. The fourth-order valence-electron chi connectivity index (χ4n) is 2.65. The molecular formula is C20H26N4O4. The highest BCUT2D eigenvalue weighted by atomic mass is 16.5. The van der Waals surface area contributed by atoms with Gasteiger partial charge in [-0.3, -0.25) is 18.7 Å². The molecule has 0 bridgehead atoms. The minimum Gasteiger partial charge on any atom is -0.469 e. The summed E-state index contributed by atoms with van der Waals surface area (Å²) >= 11 is 0. The number of aliphatic imine (C=N–C) groups is 1. The predicted molar refractivity (Wildman–Crippen MR) is 108 cm³/mol. The number of benzene rings is 1. The highest BCUT2D eigenvalue weighted by molar-refractivity contribution is 5.68. The van der Waals surface area contributed by atoms with Crippen LogP contribution in [0.5, 0.6) is 0 Å². The third-order valence-electron chi connectivity index (χ3n) is 4.10. The van der Waals surface area contributed by atoms with Crippen molar-refractivity contribution in [2.45, 2.75) is 32.4 Å². The van der Waals surface area contributed by atoms with Crippen LogP contribution in [0.2, 0.25) is 0 Å². The Kier molecular flexibility index (Phi) is 7.74. The average Bonchev–Trinajstić information content (AvgIpc) is 2.68. The van der Waals surface area contributed by atoms with Gasteiger partial charge in [0.1, 0.15) is 5.82 Å². The largest absolute Gasteiger partial charge is 0.469 e. The second kappa shape index (κ2) is 10.2. The summed E-state index contributed by atoms with van der Waals surface area (Å²) in [7, 11) is 4.96. The van der Waals surface area contributed by atoms with Crippen molar-refractivity contribution in [2.75, 3.05) is 21.2 Å². The first-order chi connectivity index (χ1) is 13.4. The second-order valence-corrected chi connectivity index (χ2v) is 6.59. The van der Waals surface area contributed by atoms with Gasteiger partial charge in [-0.05, 0) is 18.4 Å². The number of ether oxygens (including phenoxy) is 1. The van der Waals surface area contributed by atoms with Crippen LogP contribution in [0.15, 0.2) is 51.0 Å². The maximum absolute atomic E-state index is 13.0. The van der Waals surface area contributed by atoms with E-state index >= 15 is 0 Å². The summed E-state index contributed by atoms with van der Waals surface area (Å²) in [5.41, 5.74) is 0.111. The zero-order valence-electron chi connectivity index (χ0n) is 16.5. The van der Waals surface area contributed by atoms with E-state index in [2.05, 4.69) is 9.73 Å². The lowest BCUT2D eigenvalue weighted by Crippen LogP contribution is -2.39. The van der Waals surface area contributed by atoms with E-state index in [4.69, 9.17) is 0 Å². The molecule has 0 aliphatic carbocycles. The number of rotatable bonds is 9. The Morgan fingerprint density at radius 2 is 1.86 bits per heavy atom. The van der Waals surface area contributed by atoms with Gasteiger partial charge in [-0.25, -0.2) is 9.79 Å². The molecule has 1 aromatic carbocycles. The van der Waals surface area contributed by atoms with Crippen molar-refractivity contribution in [1.82, 2.24) is 14.0 Å². The number of carbonyl (C=O) groups excluding carboxylic acids is 1. The van der Waals surface area contributed by atoms with Gasteiger partial charge in [-0.15, -0.1) is 0 Å². The fraction of sp³-hybridized carbons (Fsp3) is 0.400. The Labute approximate surface area is 163 Å². The van der Waals surface area contributed by atoms with Gasteiger partial charge >= 0.3 is 11.7 Å². The third-order valence-corrected chi connectivity index (χ3v) is 4.10. The topological polar surface area (TPSA) is 85.9 Å². The van der Waals surface area contributed by atoms with Crippen LogP contribution in [0.1, 0.15) is 24.8 Å². The number of carbonyl (C=O) groups is 1. The molecule has 0 aliphatic heterocycles. The monoisotopic (exact) mass is 386 g/mol. The van der Waals surface area contributed by atoms with Crippen LogP contribution in [-0.4, -0.2) is 47.5 Å². The number of esters is 1. The molecule has 28 heavy (non-hydrogen) atoms. The standard InChI is InChI=1S/C20H26N4O4/c1-22(2)15-21-17-13-18(25)23(12-8-7-11-19(26)28-3)20(27)24(17)14-16-9-5-4-6-10-16/h4-6,9-10,13,15H,7-8,11-12,14H2,1-3H3/b21-15+. The zero-order valence-corrected chi connectivity index (χ0v) is 16.5. The van der Waals surface area contributed by atoms with E-state index in [9.17, 15) is 14.4 Å². The van der Waals surface area contributed by atoms with E-state index < -0.39 is 11.2 Å². The van der Waals surface area contributed by atoms with Gasteiger partial charge in [0.05, 0.1) is 20.0 Å².